The van der Waals surface area contributed by atoms with Gasteiger partial charge in [-0.15, -0.1) is 4.40 Å². The van der Waals surface area contributed by atoms with Crippen LogP contribution in [0.25, 0.3) is 0 Å². The predicted molar refractivity (Wildman–Crippen MR) is 182 cm³/mol. The van der Waals surface area contributed by atoms with E-state index in [1.165, 1.54) is 0 Å². The summed E-state index contributed by atoms with van der Waals surface area (Å²) in [6.45, 7) is 5.27. The minimum atomic E-state index is -3.81. The average Bonchev–Trinajstić information content (AvgIpc) is 3.53. The summed E-state index contributed by atoms with van der Waals surface area (Å²) in [4.78, 5) is 26.3. The van der Waals surface area contributed by atoms with E-state index < -0.39 is 10.0 Å². The fraction of sp³-hybridized carbons (Fsp3) is 0.400. The van der Waals surface area contributed by atoms with Crippen molar-refractivity contribution in [3.63, 3.8) is 0 Å². The van der Waals surface area contributed by atoms with E-state index >= 15 is 0 Å². The zero-order valence-electron chi connectivity index (χ0n) is 26.6. The molecule has 4 heterocycles. The van der Waals surface area contributed by atoms with Crippen LogP contribution in [0, 0.1) is 0 Å². The Hall–Kier alpha value is -4.42. The molecule has 4 aliphatic heterocycles. The zero-order chi connectivity index (χ0) is 32.4. The molecule has 3 aromatic rings. The summed E-state index contributed by atoms with van der Waals surface area (Å²) in [6, 6.07) is 20.5. The number of anilines is 2. The van der Waals surface area contributed by atoms with E-state index in [4.69, 9.17) is 9.47 Å². The van der Waals surface area contributed by atoms with Gasteiger partial charge in [-0.05, 0) is 69.0 Å². The summed E-state index contributed by atoms with van der Waals surface area (Å²) in [7, 11) is -2.21. The number of aliphatic imine (C=N–C) groups is 1. The van der Waals surface area contributed by atoms with Crippen molar-refractivity contribution < 1.29 is 22.7 Å². The highest BCUT2D eigenvalue weighted by molar-refractivity contribution is 7.90. The summed E-state index contributed by atoms with van der Waals surface area (Å²) in [5, 5.41) is 0. The van der Waals surface area contributed by atoms with E-state index in [0.29, 0.717) is 54.1 Å². The molecule has 0 aliphatic carbocycles. The number of piperazine rings is 1. The van der Waals surface area contributed by atoms with Gasteiger partial charge in [0.05, 0.1) is 36.7 Å². The minimum absolute atomic E-state index is 0.00120. The fourth-order valence-corrected chi connectivity index (χ4v) is 7.97. The molecular formula is C35H40N6O5S. The number of hydrogen-bond acceptors (Lipinski definition) is 9. The normalized spacial score (nSPS) is 20.3. The molecule has 47 heavy (non-hydrogen) atoms. The van der Waals surface area contributed by atoms with Gasteiger partial charge in [0.25, 0.3) is 15.9 Å². The second kappa shape index (κ2) is 13.4. The van der Waals surface area contributed by atoms with Gasteiger partial charge in [-0.2, -0.15) is 8.42 Å². The number of methoxy groups -OCH3 is 1. The molecule has 0 spiro atoms. The van der Waals surface area contributed by atoms with Crippen LogP contribution in [0.2, 0.25) is 0 Å². The number of carbonyl (C=O) groups excluding carboxylic acids is 1. The van der Waals surface area contributed by atoms with E-state index in [2.05, 4.69) is 19.2 Å². The number of guanidine groups is 1. The second-order valence-corrected chi connectivity index (χ2v) is 13.8. The van der Waals surface area contributed by atoms with E-state index in [9.17, 15) is 13.2 Å². The van der Waals surface area contributed by atoms with Crippen LogP contribution in [0.3, 0.4) is 0 Å². The third-order valence-corrected chi connectivity index (χ3v) is 10.6. The fourth-order valence-electron chi connectivity index (χ4n) is 6.78. The first kappa shape index (κ1) is 31.2. The Kier molecular flexibility index (Phi) is 8.87. The number of ether oxygens (including phenoxy) is 2. The number of benzene rings is 3. The number of rotatable bonds is 9. The SMILES string of the molecule is COc1cc2c(cc1OCCCCCN1CCN(C3=NS(=O)(=O)c4ccccc4N3c3ccccc3)CC1)N=C[C@@H]1CCCN1C2=O. The maximum Gasteiger partial charge on any atom is 0.287 e. The van der Waals surface area contributed by atoms with Crippen molar-refractivity contribution in [2.45, 2.75) is 43.0 Å². The lowest BCUT2D eigenvalue weighted by Gasteiger charge is -2.41. The topological polar surface area (TPSA) is 107 Å². The number of nitrogens with zero attached hydrogens (tertiary/aromatic N) is 6. The quantitative estimate of drug-likeness (QED) is 0.294. The second-order valence-electron chi connectivity index (χ2n) is 12.2. The Labute approximate surface area is 276 Å². The van der Waals surface area contributed by atoms with Gasteiger partial charge in [0.2, 0.25) is 5.96 Å². The molecule has 12 heteroatoms. The summed E-state index contributed by atoms with van der Waals surface area (Å²) < 4.78 is 42.3. The lowest BCUT2D eigenvalue weighted by atomic mass is 10.1. The van der Waals surface area contributed by atoms with E-state index in [-0.39, 0.29) is 16.8 Å². The van der Waals surface area contributed by atoms with Gasteiger partial charge in [-0.1, -0.05) is 30.3 Å². The van der Waals surface area contributed by atoms with Crippen LogP contribution in [-0.4, -0.2) is 100 Å². The summed E-state index contributed by atoms with van der Waals surface area (Å²) in [5.74, 6) is 1.61. The third kappa shape index (κ3) is 6.31. The summed E-state index contributed by atoms with van der Waals surface area (Å²) in [6.07, 6.45) is 6.75. The Bertz CT molecular complexity index is 1790. The first-order valence-corrected chi connectivity index (χ1v) is 17.8. The van der Waals surface area contributed by atoms with Crippen molar-refractivity contribution in [1.82, 2.24) is 14.7 Å². The van der Waals surface area contributed by atoms with Crippen LogP contribution in [-0.2, 0) is 10.0 Å². The van der Waals surface area contributed by atoms with Gasteiger partial charge in [0.15, 0.2) is 11.5 Å². The predicted octanol–water partition coefficient (Wildman–Crippen LogP) is 5.08. The Morgan fingerprint density at radius 2 is 1.68 bits per heavy atom. The highest BCUT2D eigenvalue weighted by Gasteiger charge is 2.36. The van der Waals surface area contributed by atoms with Gasteiger partial charge in [-0.3, -0.25) is 19.6 Å². The van der Waals surface area contributed by atoms with Crippen molar-refractivity contribution in [2.24, 2.45) is 9.39 Å². The highest BCUT2D eigenvalue weighted by atomic mass is 32.2. The van der Waals surface area contributed by atoms with Crippen LogP contribution in [0.1, 0.15) is 42.5 Å². The molecule has 0 aromatic heterocycles. The molecule has 2 saturated heterocycles. The molecule has 1 amide bonds. The zero-order valence-corrected chi connectivity index (χ0v) is 27.4. The molecule has 1 atom stereocenters. The Morgan fingerprint density at radius 1 is 0.894 bits per heavy atom. The Morgan fingerprint density at radius 3 is 2.49 bits per heavy atom. The smallest absolute Gasteiger partial charge is 0.287 e. The molecule has 11 nitrogen and oxygen atoms in total. The number of fused-ring (bicyclic) bond motifs is 3. The number of sulfonamides is 1. The summed E-state index contributed by atoms with van der Waals surface area (Å²) in [5.41, 5.74) is 2.69. The molecule has 0 radical (unpaired) electrons. The number of amides is 1. The molecule has 0 unspecified atom stereocenters. The first-order chi connectivity index (χ1) is 22.9. The van der Waals surface area contributed by atoms with E-state index in [1.807, 2.05) is 64.5 Å². The van der Waals surface area contributed by atoms with Crippen LogP contribution < -0.4 is 14.4 Å². The molecule has 0 N–H and O–H groups in total. The standard InChI is InChI=1S/C35H40N6O5S/c1-45-31-23-28-29(36-25-27-13-10-17-40(27)34(28)42)24-32(31)46-22-9-3-8-16-38-18-20-39(21-19-38)35-37-47(43,44)33-15-7-6-14-30(33)41(35)26-11-4-2-5-12-26/h2,4-7,11-12,14-15,23-25,27H,3,8-10,13,16-22H2,1H3/t27-/m0/s1. The first-order valence-electron chi connectivity index (χ1n) is 16.4. The summed E-state index contributed by atoms with van der Waals surface area (Å²) >= 11 is 0. The lowest BCUT2D eigenvalue weighted by molar-refractivity contribution is 0.0774. The van der Waals surface area contributed by atoms with Gasteiger partial charge >= 0.3 is 0 Å². The Balaban J connectivity index is 0.911. The van der Waals surface area contributed by atoms with Crippen molar-refractivity contribution in [2.75, 3.05) is 57.9 Å². The molecule has 3 aromatic carbocycles. The average molecular weight is 657 g/mol. The van der Waals surface area contributed by atoms with Crippen molar-refractivity contribution in [3.8, 4) is 11.5 Å². The number of hydrogen-bond donors (Lipinski definition) is 0. The van der Waals surface area contributed by atoms with Crippen LogP contribution in [0.5, 0.6) is 11.5 Å². The highest BCUT2D eigenvalue weighted by Crippen LogP contribution is 2.39. The van der Waals surface area contributed by atoms with Crippen molar-refractivity contribution in [3.05, 3.63) is 72.3 Å². The number of para-hydroxylation sites is 2. The monoisotopic (exact) mass is 656 g/mol. The molecule has 7 rings (SSSR count). The van der Waals surface area contributed by atoms with E-state index in [1.54, 1.807) is 25.3 Å². The van der Waals surface area contributed by atoms with Crippen molar-refractivity contribution >= 4 is 45.2 Å². The maximum atomic E-state index is 13.2. The third-order valence-electron chi connectivity index (χ3n) is 9.29. The van der Waals surface area contributed by atoms with Gasteiger partial charge in [0.1, 0.15) is 4.90 Å². The molecular weight excluding hydrogens is 616 g/mol. The minimum Gasteiger partial charge on any atom is -0.493 e. The van der Waals surface area contributed by atoms with Gasteiger partial charge < -0.3 is 19.3 Å². The van der Waals surface area contributed by atoms with Gasteiger partial charge in [-0.25, -0.2) is 0 Å². The maximum absolute atomic E-state index is 13.2. The molecule has 2 fully saturated rings. The van der Waals surface area contributed by atoms with Gasteiger partial charge in [0, 0.05) is 50.7 Å². The van der Waals surface area contributed by atoms with Crippen molar-refractivity contribution in [1.29, 1.82) is 0 Å². The number of carbonyl (C=O) groups is 1. The van der Waals surface area contributed by atoms with E-state index in [0.717, 1.165) is 64.0 Å². The molecule has 246 valence electrons. The van der Waals surface area contributed by atoms with Crippen LogP contribution >= 0.6 is 0 Å². The molecule has 0 saturated carbocycles. The largest absolute Gasteiger partial charge is 0.493 e. The van der Waals surface area contributed by atoms with Crippen LogP contribution in [0.4, 0.5) is 17.1 Å². The lowest BCUT2D eigenvalue weighted by Crippen LogP contribution is -2.53. The molecule has 4 aliphatic rings. The van der Waals surface area contributed by atoms with Crippen LogP contribution in [0.15, 0.2) is 81.0 Å². The number of unbranched alkanes of at least 4 members (excludes halogenated alkanes) is 2. The molecule has 0 bridgehead atoms.